The maximum atomic E-state index is 13.7. The number of carbonyl (C=O) groups excluding carboxylic acids is 2. The molecule has 1 amide bonds. The highest BCUT2D eigenvalue weighted by Gasteiger charge is 2.75. The van der Waals surface area contributed by atoms with Gasteiger partial charge in [-0.3, -0.25) is 14.5 Å². The molecule has 182 valence electrons. The molecule has 4 saturated heterocycles. The first-order chi connectivity index (χ1) is 16.3. The molecule has 6 aliphatic rings. The van der Waals surface area contributed by atoms with Gasteiger partial charge in [-0.1, -0.05) is 0 Å². The molecular formula is C25H30N2O7. The molecule has 34 heavy (non-hydrogen) atoms. The molecule has 5 fully saturated rings. The minimum Gasteiger partial charge on any atom is -0.493 e. The molecule has 5 aliphatic heterocycles. The summed E-state index contributed by atoms with van der Waals surface area (Å²) in [6, 6.07) is 4.07. The molecular weight excluding hydrogens is 440 g/mol. The molecule has 2 bridgehead atoms. The largest absolute Gasteiger partial charge is 0.493 e. The van der Waals surface area contributed by atoms with Crippen molar-refractivity contribution in [2.45, 2.75) is 61.5 Å². The highest BCUT2D eigenvalue weighted by atomic mass is 16.6. The van der Waals surface area contributed by atoms with Crippen LogP contribution in [-0.4, -0.2) is 85.7 Å². The first-order valence-corrected chi connectivity index (χ1v) is 12.2. The summed E-state index contributed by atoms with van der Waals surface area (Å²) in [7, 11) is 3.25. The Balaban J connectivity index is 1.45. The number of piperidine rings is 2. The Morgan fingerprint density at radius 2 is 2.00 bits per heavy atom. The Labute approximate surface area is 197 Å². The van der Waals surface area contributed by atoms with Gasteiger partial charge in [-0.15, -0.1) is 0 Å². The van der Waals surface area contributed by atoms with Crippen molar-refractivity contribution < 1.29 is 33.6 Å². The van der Waals surface area contributed by atoms with Crippen molar-refractivity contribution >= 4 is 17.6 Å². The summed E-state index contributed by atoms with van der Waals surface area (Å²) in [6.45, 7) is 2.73. The Kier molecular flexibility index (Phi) is 4.10. The number of anilines is 1. The quantitative estimate of drug-likeness (QED) is 0.650. The second-order valence-electron chi connectivity index (χ2n) is 10.8. The van der Waals surface area contributed by atoms with Crippen molar-refractivity contribution in [3.05, 3.63) is 17.7 Å². The summed E-state index contributed by atoms with van der Waals surface area (Å²) in [5.74, 6) is 0.696. The van der Waals surface area contributed by atoms with Crippen LogP contribution in [0.15, 0.2) is 12.1 Å². The zero-order valence-corrected chi connectivity index (χ0v) is 19.7. The van der Waals surface area contributed by atoms with Crippen LogP contribution in [0.2, 0.25) is 0 Å². The second kappa shape index (κ2) is 6.65. The van der Waals surface area contributed by atoms with Gasteiger partial charge in [-0.05, 0) is 31.0 Å². The van der Waals surface area contributed by atoms with Crippen LogP contribution in [0.3, 0.4) is 0 Å². The van der Waals surface area contributed by atoms with E-state index < -0.39 is 17.7 Å². The van der Waals surface area contributed by atoms with Crippen LogP contribution < -0.4 is 14.4 Å². The van der Waals surface area contributed by atoms with Crippen molar-refractivity contribution in [3.63, 3.8) is 0 Å². The number of esters is 1. The predicted molar refractivity (Wildman–Crippen MR) is 119 cm³/mol. The minimum absolute atomic E-state index is 0.0319. The molecule has 1 unspecified atom stereocenters. The number of rotatable bonds is 3. The van der Waals surface area contributed by atoms with Gasteiger partial charge in [0.15, 0.2) is 17.6 Å². The topological polar surface area (TPSA) is 97.8 Å². The summed E-state index contributed by atoms with van der Waals surface area (Å²) in [5, 5.41) is 12.2. The van der Waals surface area contributed by atoms with E-state index in [1.807, 2.05) is 11.0 Å². The summed E-state index contributed by atoms with van der Waals surface area (Å²) in [4.78, 5) is 29.9. The molecule has 0 aromatic heterocycles. The standard InChI is InChI=1S/C25H30N2O7/c1-12(28)34-20-10-33-18-9-21(29)27-15-8-17(32-3)16(31-2)6-13(15)24-4-5-26-11-25(20,30)14(7-19(24)26)22(18)23(24)27/h6,8,14,18-20,22-23,30H,4-5,7,9-11H2,1-3H3/t14-,18+,19+,20+,22+,23?,24-,25+/m1/s1. The average Bonchev–Trinajstić information content (AvgIpc) is 3.30. The van der Waals surface area contributed by atoms with Gasteiger partial charge in [-0.25, -0.2) is 0 Å². The number of ether oxygens (including phenoxy) is 4. The molecule has 1 aromatic carbocycles. The van der Waals surface area contributed by atoms with E-state index in [-0.39, 0.29) is 54.4 Å². The molecule has 1 aliphatic carbocycles. The van der Waals surface area contributed by atoms with E-state index in [0.717, 1.165) is 30.6 Å². The van der Waals surface area contributed by atoms with Crippen LogP contribution in [0.25, 0.3) is 0 Å². The van der Waals surface area contributed by atoms with Crippen molar-refractivity contribution in [3.8, 4) is 11.5 Å². The van der Waals surface area contributed by atoms with Crippen LogP contribution in [-0.2, 0) is 24.5 Å². The molecule has 0 radical (unpaired) electrons. The van der Waals surface area contributed by atoms with E-state index in [2.05, 4.69) is 11.0 Å². The van der Waals surface area contributed by atoms with E-state index in [0.29, 0.717) is 18.0 Å². The van der Waals surface area contributed by atoms with Gasteiger partial charge in [0.05, 0.1) is 45.1 Å². The zero-order valence-electron chi connectivity index (χ0n) is 19.7. The lowest BCUT2D eigenvalue weighted by molar-refractivity contribution is -0.201. The Bertz CT molecular complexity index is 1110. The van der Waals surface area contributed by atoms with Gasteiger partial charge < -0.3 is 29.0 Å². The summed E-state index contributed by atoms with van der Waals surface area (Å²) in [6.07, 6.45) is 0.860. The predicted octanol–water partition coefficient (Wildman–Crippen LogP) is 0.846. The number of benzene rings is 1. The highest BCUT2D eigenvalue weighted by molar-refractivity contribution is 5.99. The fourth-order valence-electron chi connectivity index (χ4n) is 8.64. The molecule has 5 heterocycles. The highest BCUT2D eigenvalue weighted by Crippen LogP contribution is 2.67. The number of hydrogen-bond acceptors (Lipinski definition) is 8. The molecule has 8 atom stereocenters. The maximum absolute atomic E-state index is 13.7. The van der Waals surface area contributed by atoms with Crippen LogP contribution in [0.1, 0.15) is 31.7 Å². The normalized spacial score (nSPS) is 43.3. The monoisotopic (exact) mass is 470 g/mol. The number of aliphatic hydroxyl groups is 1. The van der Waals surface area contributed by atoms with Gasteiger partial charge >= 0.3 is 5.97 Å². The van der Waals surface area contributed by atoms with Crippen molar-refractivity contribution in [2.75, 3.05) is 38.8 Å². The summed E-state index contributed by atoms with van der Waals surface area (Å²) >= 11 is 0. The van der Waals surface area contributed by atoms with Crippen LogP contribution in [0.4, 0.5) is 5.69 Å². The van der Waals surface area contributed by atoms with Gasteiger partial charge in [-0.2, -0.15) is 0 Å². The molecule has 1 saturated carbocycles. The molecule has 1 spiro atoms. The lowest BCUT2D eigenvalue weighted by Crippen LogP contribution is -2.75. The minimum atomic E-state index is -1.21. The van der Waals surface area contributed by atoms with E-state index in [1.54, 1.807) is 14.2 Å². The average molecular weight is 471 g/mol. The fourth-order valence-corrected chi connectivity index (χ4v) is 8.64. The first-order valence-electron chi connectivity index (χ1n) is 12.2. The molecule has 7 rings (SSSR count). The number of methoxy groups -OCH3 is 2. The number of hydrogen-bond donors (Lipinski definition) is 1. The van der Waals surface area contributed by atoms with E-state index in [9.17, 15) is 14.7 Å². The van der Waals surface area contributed by atoms with Crippen molar-refractivity contribution in [1.82, 2.24) is 4.90 Å². The van der Waals surface area contributed by atoms with Gasteiger partial charge in [0, 0.05) is 42.8 Å². The number of carbonyl (C=O) groups is 2. The smallest absolute Gasteiger partial charge is 0.303 e. The third kappa shape index (κ3) is 2.26. The van der Waals surface area contributed by atoms with Crippen molar-refractivity contribution in [2.24, 2.45) is 11.8 Å². The van der Waals surface area contributed by atoms with E-state index in [1.165, 1.54) is 6.92 Å². The summed E-state index contributed by atoms with van der Waals surface area (Å²) in [5.41, 5.74) is 0.566. The van der Waals surface area contributed by atoms with Gasteiger partial charge in [0.25, 0.3) is 0 Å². The lowest BCUT2D eigenvalue weighted by atomic mass is 9.51. The molecule has 9 heteroatoms. The SMILES string of the molecule is COc1cc2c(cc1OC)[C@@]13CCN4C[C@@]5(O)[C@@H](OC(C)=O)CO[C@H]6CC(=O)N2C1[C@H]6[C@H]5C[C@H]43. The van der Waals surface area contributed by atoms with Crippen molar-refractivity contribution in [1.29, 1.82) is 0 Å². The van der Waals surface area contributed by atoms with Crippen LogP contribution in [0.5, 0.6) is 11.5 Å². The third-order valence-corrected chi connectivity index (χ3v) is 9.72. The van der Waals surface area contributed by atoms with Gasteiger partial charge in [0.1, 0.15) is 5.60 Å². The first kappa shape index (κ1) is 21.0. The Morgan fingerprint density at radius 3 is 2.74 bits per heavy atom. The Morgan fingerprint density at radius 1 is 1.24 bits per heavy atom. The lowest BCUT2D eigenvalue weighted by Gasteiger charge is -2.62. The molecule has 1 aromatic rings. The second-order valence-corrected chi connectivity index (χ2v) is 10.8. The molecule has 9 nitrogen and oxygen atoms in total. The van der Waals surface area contributed by atoms with Gasteiger partial charge in [0.2, 0.25) is 5.91 Å². The fraction of sp³-hybridized carbons (Fsp3) is 0.680. The number of fused-ring (bicyclic) bond motifs is 2. The van der Waals surface area contributed by atoms with E-state index in [4.69, 9.17) is 18.9 Å². The third-order valence-electron chi connectivity index (χ3n) is 9.72. The zero-order chi connectivity index (χ0) is 23.6. The summed E-state index contributed by atoms with van der Waals surface area (Å²) < 4.78 is 23.2. The van der Waals surface area contributed by atoms with E-state index >= 15 is 0 Å². The number of nitrogens with zero attached hydrogens (tertiary/aromatic N) is 2. The molecule has 1 N–H and O–H groups in total. The number of amides is 1. The van der Waals surface area contributed by atoms with Crippen LogP contribution >= 0.6 is 0 Å². The Hall–Kier alpha value is -2.36. The maximum Gasteiger partial charge on any atom is 0.303 e. The van der Waals surface area contributed by atoms with Crippen LogP contribution in [0, 0.1) is 11.8 Å².